The van der Waals surface area contributed by atoms with E-state index in [1.54, 1.807) is 6.07 Å². The smallest absolute Gasteiger partial charge is 0.221 e. The molecule has 1 aromatic heterocycles. The summed E-state index contributed by atoms with van der Waals surface area (Å²) >= 11 is 0. The van der Waals surface area contributed by atoms with Crippen LogP contribution in [0.15, 0.2) is 18.3 Å². The lowest BCUT2D eigenvalue weighted by Crippen LogP contribution is -2.40. The molecule has 1 saturated heterocycles. The van der Waals surface area contributed by atoms with Gasteiger partial charge in [0.2, 0.25) is 5.91 Å². The quantitative estimate of drug-likeness (QED) is 0.895. The van der Waals surface area contributed by atoms with E-state index in [2.05, 4.69) is 24.1 Å². The maximum atomic E-state index is 12.9. The molecule has 0 spiro atoms. The van der Waals surface area contributed by atoms with Gasteiger partial charge < -0.3 is 5.32 Å². The van der Waals surface area contributed by atoms with Crippen molar-refractivity contribution in [3.05, 3.63) is 29.8 Å². The number of rotatable bonds is 3. The van der Waals surface area contributed by atoms with E-state index in [1.807, 2.05) is 6.92 Å². The summed E-state index contributed by atoms with van der Waals surface area (Å²) < 4.78 is 12.9. The number of carbonyl (C=O) groups is 1. The highest BCUT2D eigenvalue weighted by Crippen LogP contribution is 2.37. The van der Waals surface area contributed by atoms with Crippen molar-refractivity contribution >= 4 is 5.91 Å². The Morgan fingerprint density at radius 3 is 2.83 bits per heavy atom. The minimum Gasteiger partial charge on any atom is -0.352 e. The first-order chi connectivity index (χ1) is 8.41. The normalized spacial score (nSPS) is 27.6. The lowest BCUT2D eigenvalue weighted by Gasteiger charge is -2.30. The topological polar surface area (TPSA) is 42.0 Å². The molecule has 1 aromatic rings. The van der Waals surface area contributed by atoms with Crippen LogP contribution in [0, 0.1) is 11.7 Å². The van der Waals surface area contributed by atoms with E-state index >= 15 is 0 Å². The van der Waals surface area contributed by atoms with E-state index in [9.17, 15) is 9.18 Å². The van der Waals surface area contributed by atoms with Crippen LogP contribution < -0.4 is 5.32 Å². The van der Waals surface area contributed by atoms with Crippen molar-refractivity contribution in [1.29, 1.82) is 0 Å². The third-order valence-electron chi connectivity index (χ3n) is 3.65. The standard InChI is InChI=1S/C14H19FN2O/c1-9(2)6-12-14(3,7-13(18)17-12)11-5-4-10(15)8-16-11/h4-5,8-9,12H,6-7H2,1-3H3,(H,17,18). The summed E-state index contributed by atoms with van der Waals surface area (Å²) in [4.78, 5) is 15.8. The Kier molecular flexibility index (Phi) is 3.37. The van der Waals surface area contributed by atoms with E-state index in [0.29, 0.717) is 12.3 Å². The molecule has 0 saturated carbocycles. The molecule has 1 N–H and O–H groups in total. The molecule has 1 fully saturated rings. The summed E-state index contributed by atoms with van der Waals surface area (Å²) in [7, 11) is 0. The highest BCUT2D eigenvalue weighted by molar-refractivity contribution is 5.81. The van der Waals surface area contributed by atoms with Crippen molar-refractivity contribution in [1.82, 2.24) is 10.3 Å². The predicted molar refractivity (Wildman–Crippen MR) is 67.5 cm³/mol. The van der Waals surface area contributed by atoms with Crippen molar-refractivity contribution in [2.45, 2.75) is 45.1 Å². The molecule has 1 aliphatic heterocycles. The van der Waals surface area contributed by atoms with Gasteiger partial charge in [0.05, 0.1) is 6.20 Å². The number of hydrogen-bond donors (Lipinski definition) is 1. The predicted octanol–water partition coefficient (Wildman–Crippen LogP) is 2.41. The number of nitrogens with zero attached hydrogens (tertiary/aromatic N) is 1. The molecule has 3 nitrogen and oxygen atoms in total. The van der Waals surface area contributed by atoms with Crippen LogP contribution in [0.5, 0.6) is 0 Å². The van der Waals surface area contributed by atoms with Gasteiger partial charge in [0.15, 0.2) is 0 Å². The highest BCUT2D eigenvalue weighted by Gasteiger charge is 2.45. The second-order valence-corrected chi connectivity index (χ2v) is 5.71. The molecule has 0 bridgehead atoms. The van der Waals surface area contributed by atoms with Crippen molar-refractivity contribution < 1.29 is 9.18 Å². The average Bonchev–Trinajstić information content (AvgIpc) is 2.54. The van der Waals surface area contributed by atoms with Crippen molar-refractivity contribution in [2.24, 2.45) is 5.92 Å². The van der Waals surface area contributed by atoms with Gasteiger partial charge >= 0.3 is 0 Å². The zero-order valence-electron chi connectivity index (χ0n) is 11.0. The SMILES string of the molecule is CC(C)CC1NC(=O)CC1(C)c1ccc(F)cn1. The molecular formula is C14H19FN2O. The summed E-state index contributed by atoms with van der Waals surface area (Å²) in [6, 6.07) is 3.16. The van der Waals surface area contributed by atoms with Crippen LogP contribution in [0.4, 0.5) is 4.39 Å². The minimum atomic E-state index is -0.347. The maximum Gasteiger partial charge on any atom is 0.221 e. The van der Waals surface area contributed by atoms with Crippen LogP contribution >= 0.6 is 0 Å². The zero-order chi connectivity index (χ0) is 13.3. The fraction of sp³-hybridized carbons (Fsp3) is 0.571. The Balaban J connectivity index is 2.31. The lowest BCUT2D eigenvalue weighted by molar-refractivity contribution is -0.119. The van der Waals surface area contributed by atoms with Crippen LogP contribution in [0.3, 0.4) is 0 Å². The van der Waals surface area contributed by atoms with Crippen LogP contribution in [0.1, 0.15) is 39.3 Å². The van der Waals surface area contributed by atoms with E-state index in [4.69, 9.17) is 0 Å². The molecule has 4 heteroatoms. The summed E-state index contributed by atoms with van der Waals surface area (Å²) in [5.41, 5.74) is 0.447. The Bertz CT molecular complexity index is 444. The van der Waals surface area contributed by atoms with Crippen LogP contribution in [-0.2, 0) is 10.2 Å². The molecule has 2 atom stereocenters. The Morgan fingerprint density at radius 1 is 1.56 bits per heavy atom. The monoisotopic (exact) mass is 250 g/mol. The summed E-state index contributed by atoms with van der Waals surface area (Å²) in [6.07, 6.45) is 2.54. The first-order valence-corrected chi connectivity index (χ1v) is 6.33. The molecule has 18 heavy (non-hydrogen) atoms. The number of aromatic nitrogens is 1. The lowest BCUT2D eigenvalue weighted by atomic mass is 9.76. The summed E-state index contributed by atoms with van der Waals surface area (Å²) in [6.45, 7) is 6.28. The van der Waals surface area contributed by atoms with Gasteiger partial charge in [0, 0.05) is 23.6 Å². The molecule has 2 rings (SSSR count). The van der Waals surface area contributed by atoms with Gasteiger partial charge in [-0.15, -0.1) is 0 Å². The minimum absolute atomic E-state index is 0.0503. The molecule has 1 aliphatic rings. The Morgan fingerprint density at radius 2 is 2.28 bits per heavy atom. The first kappa shape index (κ1) is 13.0. The zero-order valence-corrected chi connectivity index (χ0v) is 11.0. The highest BCUT2D eigenvalue weighted by atomic mass is 19.1. The number of nitrogens with one attached hydrogen (secondary N) is 1. The molecule has 98 valence electrons. The van der Waals surface area contributed by atoms with E-state index in [1.165, 1.54) is 12.3 Å². The first-order valence-electron chi connectivity index (χ1n) is 6.33. The van der Waals surface area contributed by atoms with Crippen LogP contribution in [0.2, 0.25) is 0 Å². The maximum absolute atomic E-state index is 12.9. The molecule has 0 radical (unpaired) electrons. The van der Waals surface area contributed by atoms with Gasteiger partial charge in [-0.2, -0.15) is 0 Å². The third-order valence-corrected chi connectivity index (χ3v) is 3.65. The number of pyridine rings is 1. The fourth-order valence-electron chi connectivity index (χ4n) is 2.63. The van der Waals surface area contributed by atoms with Gasteiger partial charge in [0.1, 0.15) is 5.82 Å². The van der Waals surface area contributed by atoms with E-state index in [0.717, 1.165) is 12.1 Å². The van der Waals surface area contributed by atoms with Crippen LogP contribution in [0.25, 0.3) is 0 Å². The fourth-order valence-corrected chi connectivity index (χ4v) is 2.63. The Labute approximate surface area is 107 Å². The molecular weight excluding hydrogens is 231 g/mol. The van der Waals surface area contributed by atoms with Crippen molar-refractivity contribution in [2.75, 3.05) is 0 Å². The molecule has 0 aliphatic carbocycles. The van der Waals surface area contributed by atoms with Crippen molar-refractivity contribution in [3.8, 4) is 0 Å². The molecule has 0 aromatic carbocycles. The van der Waals surface area contributed by atoms with Gasteiger partial charge in [-0.3, -0.25) is 9.78 Å². The largest absolute Gasteiger partial charge is 0.352 e. The number of amides is 1. The number of halogens is 1. The van der Waals surface area contributed by atoms with Crippen molar-refractivity contribution in [3.63, 3.8) is 0 Å². The van der Waals surface area contributed by atoms with Gasteiger partial charge in [-0.25, -0.2) is 4.39 Å². The van der Waals surface area contributed by atoms with Gasteiger partial charge in [-0.1, -0.05) is 20.8 Å². The van der Waals surface area contributed by atoms with Gasteiger partial charge in [-0.05, 0) is 24.5 Å². The van der Waals surface area contributed by atoms with Gasteiger partial charge in [0.25, 0.3) is 0 Å². The molecule has 1 amide bonds. The molecule has 2 unspecified atom stereocenters. The second kappa shape index (κ2) is 4.67. The molecule has 2 heterocycles. The van der Waals surface area contributed by atoms with E-state index in [-0.39, 0.29) is 23.2 Å². The van der Waals surface area contributed by atoms with Crippen LogP contribution in [-0.4, -0.2) is 16.9 Å². The second-order valence-electron chi connectivity index (χ2n) is 5.71. The number of carbonyl (C=O) groups excluding carboxylic acids is 1. The average molecular weight is 250 g/mol. The summed E-state index contributed by atoms with van der Waals surface area (Å²) in [5, 5.41) is 3.02. The number of hydrogen-bond acceptors (Lipinski definition) is 2. The summed E-state index contributed by atoms with van der Waals surface area (Å²) in [5.74, 6) is 0.197. The van der Waals surface area contributed by atoms with E-state index < -0.39 is 0 Å². The Hall–Kier alpha value is -1.45. The third kappa shape index (κ3) is 2.37.